The molecule has 0 bridgehead atoms. The lowest BCUT2D eigenvalue weighted by Crippen LogP contribution is -2.47. The predicted octanol–water partition coefficient (Wildman–Crippen LogP) is 9.15. The number of carbonyl (C=O) groups excluding carboxylic acids is 1. The molecular weight excluding hydrogens is 691 g/mol. The van der Waals surface area contributed by atoms with E-state index in [1.807, 2.05) is 12.1 Å². The van der Waals surface area contributed by atoms with Gasteiger partial charge in [-0.05, 0) is 81.8 Å². The van der Waals surface area contributed by atoms with E-state index in [4.69, 9.17) is 14.2 Å². The standard InChI is InChI=1S/C44H44F3N3O4/c1-44(2,3)35-11-13-36(14-12-35)52-25-20-31-4-6-33(7-5-31)29-49-21-23-50(24-22-49)43(51)19-10-32-9-17-41(40(47)26-32)54-42-18-15-37(28-48-42)53-30-34-8-16-38(45)39(46)27-34/h4-19,26-28H,20-25,29-30H2,1-3H3. The van der Waals surface area contributed by atoms with E-state index in [1.54, 1.807) is 23.1 Å². The van der Waals surface area contributed by atoms with Gasteiger partial charge in [-0.25, -0.2) is 18.2 Å². The molecule has 0 N–H and O–H groups in total. The minimum atomic E-state index is -0.951. The molecule has 5 aromatic rings. The molecule has 10 heteroatoms. The van der Waals surface area contributed by atoms with Gasteiger partial charge >= 0.3 is 0 Å². The highest BCUT2D eigenvalue weighted by Gasteiger charge is 2.20. The fourth-order valence-electron chi connectivity index (χ4n) is 5.93. The van der Waals surface area contributed by atoms with E-state index in [0.717, 1.165) is 43.9 Å². The molecule has 4 aromatic carbocycles. The number of amides is 1. The second kappa shape index (κ2) is 17.5. The molecule has 0 spiro atoms. The molecule has 1 aromatic heterocycles. The number of halogens is 3. The van der Waals surface area contributed by atoms with Crippen molar-refractivity contribution in [2.45, 2.75) is 45.8 Å². The van der Waals surface area contributed by atoms with Crippen LogP contribution in [0.15, 0.2) is 109 Å². The average Bonchev–Trinajstić information content (AvgIpc) is 3.17. The Morgan fingerprint density at radius 2 is 1.44 bits per heavy atom. The topological polar surface area (TPSA) is 64.1 Å². The molecule has 0 saturated carbocycles. The summed E-state index contributed by atoms with van der Waals surface area (Å²) in [7, 11) is 0. The van der Waals surface area contributed by atoms with Gasteiger partial charge in [0.25, 0.3) is 0 Å². The van der Waals surface area contributed by atoms with Crippen LogP contribution >= 0.6 is 0 Å². The van der Waals surface area contributed by atoms with Crippen molar-refractivity contribution in [3.05, 3.63) is 155 Å². The number of hydrogen-bond donors (Lipinski definition) is 0. The van der Waals surface area contributed by atoms with Crippen LogP contribution in [0.4, 0.5) is 13.2 Å². The SMILES string of the molecule is CC(C)(C)c1ccc(OCCc2ccc(CN3CCN(C(=O)C=Cc4ccc(Oc5ccc(OCc6ccc(F)c(F)c6)cn5)c(F)c4)CC3)cc2)cc1. The van der Waals surface area contributed by atoms with E-state index < -0.39 is 17.5 Å². The molecule has 1 saturated heterocycles. The van der Waals surface area contributed by atoms with Crippen LogP contribution in [0.1, 0.15) is 48.6 Å². The van der Waals surface area contributed by atoms with Gasteiger partial charge in [-0.3, -0.25) is 9.69 Å². The molecule has 1 aliphatic heterocycles. The van der Waals surface area contributed by atoms with Crippen LogP contribution in [-0.4, -0.2) is 53.5 Å². The molecule has 6 rings (SSSR count). The van der Waals surface area contributed by atoms with Crippen molar-refractivity contribution in [2.75, 3.05) is 32.8 Å². The van der Waals surface area contributed by atoms with Crippen LogP contribution in [-0.2, 0) is 29.8 Å². The van der Waals surface area contributed by atoms with Gasteiger partial charge in [0, 0.05) is 51.3 Å². The number of pyridine rings is 1. The van der Waals surface area contributed by atoms with Crippen molar-refractivity contribution < 1.29 is 32.2 Å². The van der Waals surface area contributed by atoms with Crippen molar-refractivity contribution in [2.24, 2.45) is 0 Å². The maximum absolute atomic E-state index is 14.9. The van der Waals surface area contributed by atoms with E-state index in [2.05, 4.69) is 67.1 Å². The molecule has 1 aliphatic rings. The highest BCUT2D eigenvalue weighted by Crippen LogP contribution is 2.27. The van der Waals surface area contributed by atoms with E-state index in [-0.39, 0.29) is 29.6 Å². The molecule has 1 fully saturated rings. The minimum Gasteiger partial charge on any atom is -0.493 e. The minimum absolute atomic E-state index is 0.0171. The molecule has 0 unspecified atom stereocenters. The van der Waals surface area contributed by atoms with Crippen LogP contribution in [0.5, 0.6) is 23.1 Å². The zero-order valence-electron chi connectivity index (χ0n) is 30.7. The third kappa shape index (κ3) is 10.7. The number of nitrogens with zero attached hydrogens (tertiary/aromatic N) is 3. The lowest BCUT2D eigenvalue weighted by atomic mass is 9.87. The van der Waals surface area contributed by atoms with E-state index >= 15 is 0 Å². The Hall–Kier alpha value is -5.61. The molecule has 7 nitrogen and oxygen atoms in total. The van der Waals surface area contributed by atoms with Gasteiger partial charge in [-0.2, -0.15) is 0 Å². The quantitative estimate of drug-likeness (QED) is 0.113. The van der Waals surface area contributed by atoms with Gasteiger partial charge in [0.15, 0.2) is 23.2 Å². The first-order valence-corrected chi connectivity index (χ1v) is 18.0. The second-order valence-corrected chi connectivity index (χ2v) is 14.3. The van der Waals surface area contributed by atoms with Gasteiger partial charge in [0.1, 0.15) is 18.1 Å². The Bertz CT molecular complexity index is 2040. The first kappa shape index (κ1) is 38.1. The van der Waals surface area contributed by atoms with Crippen LogP contribution < -0.4 is 14.2 Å². The highest BCUT2D eigenvalue weighted by atomic mass is 19.2. The van der Waals surface area contributed by atoms with E-state index in [1.165, 1.54) is 53.2 Å². The maximum atomic E-state index is 14.9. The lowest BCUT2D eigenvalue weighted by Gasteiger charge is -2.34. The van der Waals surface area contributed by atoms with Gasteiger partial charge in [-0.15, -0.1) is 0 Å². The number of aromatic nitrogens is 1. The summed E-state index contributed by atoms with van der Waals surface area (Å²) in [6.45, 7) is 10.8. The Morgan fingerprint density at radius 1 is 0.741 bits per heavy atom. The molecule has 280 valence electrons. The fraction of sp³-hybridized carbons (Fsp3) is 0.273. The first-order chi connectivity index (χ1) is 26.0. The molecule has 0 aliphatic carbocycles. The predicted molar refractivity (Wildman–Crippen MR) is 203 cm³/mol. The Morgan fingerprint density at radius 3 is 2.11 bits per heavy atom. The average molecular weight is 736 g/mol. The second-order valence-electron chi connectivity index (χ2n) is 14.3. The largest absolute Gasteiger partial charge is 0.493 e. The molecule has 1 amide bonds. The van der Waals surface area contributed by atoms with Crippen molar-refractivity contribution in [3.63, 3.8) is 0 Å². The molecule has 2 heterocycles. The number of carbonyl (C=O) groups is 1. The summed E-state index contributed by atoms with van der Waals surface area (Å²) in [4.78, 5) is 21.2. The van der Waals surface area contributed by atoms with Crippen LogP contribution in [0.25, 0.3) is 6.08 Å². The van der Waals surface area contributed by atoms with Gasteiger partial charge in [-0.1, -0.05) is 69.3 Å². The molecule has 0 radical (unpaired) electrons. The van der Waals surface area contributed by atoms with Crippen molar-refractivity contribution in [1.82, 2.24) is 14.8 Å². The fourth-order valence-corrected chi connectivity index (χ4v) is 5.93. The van der Waals surface area contributed by atoms with Crippen LogP contribution in [0.2, 0.25) is 0 Å². The van der Waals surface area contributed by atoms with Gasteiger partial charge in [0.2, 0.25) is 11.8 Å². The maximum Gasteiger partial charge on any atom is 0.246 e. The summed E-state index contributed by atoms with van der Waals surface area (Å²) in [6, 6.07) is 28.0. The van der Waals surface area contributed by atoms with Gasteiger partial charge in [0.05, 0.1) is 12.8 Å². The molecular formula is C44H44F3N3O4. The normalized spacial score (nSPS) is 13.6. The summed E-state index contributed by atoms with van der Waals surface area (Å²) in [5.74, 6) is -1.24. The van der Waals surface area contributed by atoms with Gasteiger partial charge < -0.3 is 19.1 Å². The number of rotatable bonds is 13. The highest BCUT2D eigenvalue weighted by molar-refractivity contribution is 5.91. The first-order valence-electron chi connectivity index (χ1n) is 18.0. The monoisotopic (exact) mass is 735 g/mol. The number of piperazine rings is 1. The van der Waals surface area contributed by atoms with E-state index in [9.17, 15) is 18.0 Å². The van der Waals surface area contributed by atoms with Crippen molar-refractivity contribution in [1.29, 1.82) is 0 Å². The molecule has 54 heavy (non-hydrogen) atoms. The van der Waals surface area contributed by atoms with Crippen molar-refractivity contribution in [3.8, 4) is 23.1 Å². The summed E-state index contributed by atoms with van der Waals surface area (Å²) in [6.07, 6.45) is 5.28. The molecule has 0 atom stereocenters. The third-order valence-corrected chi connectivity index (χ3v) is 9.18. The third-order valence-electron chi connectivity index (χ3n) is 9.18. The van der Waals surface area contributed by atoms with Crippen molar-refractivity contribution >= 4 is 12.0 Å². The van der Waals surface area contributed by atoms with E-state index in [0.29, 0.717) is 36.6 Å². The summed E-state index contributed by atoms with van der Waals surface area (Å²) in [5.41, 5.74) is 4.84. The summed E-state index contributed by atoms with van der Waals surface area (Å²) < 4.78 is 58.5. The van der Waals surface area contributed by atoms with Crippen LogP contribution in [0, 0.1) is 17.5 Å². The summed E-state index contributed by atoms with van der Waals surface area (Å²) >= 11 is 0. The number of ether oxygens (including phenoxy) is 3. The zero-order valence-corrected chi connectivity index (χ0v) is 30.7. The zero-order chi connectivity index (χ0) is 38.1. The number of benzene rings is 4. The van der Waals surface area contributed by atoms with Crippen LogP contribution in [0.3, 0.4) is 0 Å². The lowest BCUT2D eigenvalue weighted by molar-refractivity contribution is -0.127. The Balaban J connectivity index is 0.902. The smallest absolute Gasteiger partial charge is 0.246 e. The Labute approximate surface area is 314 Å². The Kier molecular flexibility index (Phi) is 12.3. The number of hydrogen-bond acceptors (Lipinski definition) is 6. The summed E-state index contributed by atoms with van der Waals surface area (Å²) in [5, 5.41) is 0.